The molecule has 0 rings (SSSR count). The number of hydrogen-bond acceptors (Lipinski definition) is 2. The number of aliphatic hydroxyl groups is 1. The van der Waals surface area contributed by atoms with Gasteiger partial charge in [0, 0.05) is 5.41 Å². The predicted octanol–water partition coefficient (Wildman–Crippen LogP) is 1.63. The van der Waals surface area contributed by atoms with Crippen LogP contribution in [0.3, 0.4) is 0 Å². The molecule has 60 valence electrons. The first-order valence-corrected chi connectivity index (χ1v) is 3.50. The zero-order valence-corrected chi connectivity index (χ0v) is 7.13. The molecule has 0 spiro atoms. The van der Waals surface area contributed by atoms with E-state index in [0.29, 0.717) is 0 Å². The smallest absolute Gasteiger partial charge is 0.149 e. The highest BCUT2D eigenvalue weighted by Gasteiger charge is 2.24. The largest absolute Gasteiger partial charge is 0.377 e. The van der Waals surface area contributed by atoms with E-state index in [9.17, 15) is 0 Å². The van der Waals surface area contributed by atoms with E-state index < -0.39 is 11.5 Å². The van der Waals surface area contributed by atoms with Crippen molar-refractivity contribution < 1.29 is 5.11 Å². The van der Waals surface area contributed by atoms with Gasteiger partial charge in [0.25, 0.3) is 0 Å². The molecule has 0 aromatic rings. The van der Waals surface area contributed by atoms with E-state index >= 15 is 0 Å². The van der Waals surface area contributed by atoms with Crippen molar-refractivity contribution in [2.75, 3.05) is 0 Å². The Morgan fingerprint density at radius 2 is 2.09 bits per heavy atom. The van der Waals surface area contributed by atoms with Crippen LogP contribution < -0.4 is 0 Å². The second-order valence-corrected chi connectivity index (χ2v) is 2.95. The van der Waals surface area contributed by atoms with E-state index in [0.717, 1.165) is 0 Å². The number of rotatable bonds is 2. The Morgan fingerprint density at radius 1 is 1.55 bits per heavy atom. The van der Waals surface area contributed by atoms with Gasteiger partial charge in [-0.1, -0.05) is 13.8 Å². The summed E-state index contributed by atoms with van der Waals surface area (Å²) in [5, 5.41) is 17.6. The second-order valence-electron chi connectivity index (χ2n) is 2.95. The van der Waals surface area contributed by atoms with Gasteiger partial charge in [0.1, 0.15) is 6.10 Å². The molecule has 1 unspecified atom stereocenters. The fourth-order valence-corrected chi connectivity index (χ4v) is 0.543. The Kier molecular flexibility index (Phi) is 3.60. The van der Waals surface area contributed by atoms with Crippen LogP contribution >= 0.6 is 0 Å². The summed E-state index contributed by atoms with van der Waals surface area (Å²) >= 11 is 0. The highest BCUT2D eigenvalue weighted by atomic mass is 16.3. The lowest BCUT2D eigenvalue weighted by atomic mass is 9.87. The molecule has 0 saturated heterocycles. The Hall–Kier alpha value is -1.03. The maximum absolute atomic E-state index is 9.17. The molecule has 0 bridgehead atoms. The zero-order chi connectivity index (χ0) is 8.91. The summed E-state index contributed by atoms with van der Waals surface area (Å²) in [7, 11) is 0. The van der Waals surface area contributed by atoms with Crippen LogP contribution in [-0.4, -0.2) is 11.2 Å². The second kappa shape index (κ2) is 3.98. The maximum Gasteiger partial charge on any atom is 0.149 e. The van der Waals surface area contributed by atoms with Crippen LogP contribution in [0.1, 0.15) is 20.8 Å². The van der Waals surface area contributed by atoms with Gasteiger partial charge in [-0.2, -0.15) is 5.26 Å². The zero-order valence-electron chi connectivity index (χ0n) is 7.13. The number of hydrogen-bond donors (Lipinski definition) is 1. The molecule has 0 radical (unpaired) electrons. The topological polar surface area (TPSA) is 44.0 Å². The molecule has 1 atom stereocenters. The first-order valence-electron chi connectivity index (χ1n) is 3.50. The lowest BCUT2D eigenvalue weighted by Crippen LogP contribution is -2.25. The van der Waals surface area contributed by atoms with E-state index in [1.54, 1.807) is 32.1 Å². The van der Waals surface area contributed by atoms with Crippen molar-refractivity contribution in [1.29, 1.82) is 5.26 Å². The van der Waals surface area contributed by atoms with E-state index in [4.69, 9.17) is 10.4 Å². The average molecular weight is 151 g/mol. The first-order chi connectivity index (χ1) is 5.04. The summed E-state index contributed by atoms with van der Waals surface area (Å²) in [6, 6.07) is 1.78. The van der Waals surface area contributed by atoms with Gasteiger partial charge >= 0.3 is 0 Å². The van der Waals surface area contributed by atoms with Crippen molar-refractivity contribution in [3.63, 3.8) is 0 Å². The van der Waals surface area contributed by atoms with Gasteiger partial charge in [0.2, 0.25) is 0 Å². The quantitative estimate of drug-likeness (QED) is 0.481. The molecule has 0 aliphatic heterocycles. The molecular formula is C9H13NO. The van der Waals surface area contributed by atoms with Crippen LogP contribution in [0.25, 0.3) is 0 Å². The lowest BCUT2D eigenvalue weighted by molar-refractivity contribution is 0.133. The van der Waals surface area contributed by atoms with Crippen LogP contribution in [0.2, 0.25) is 0 Å². The van der Waals surface area contributed by atoms with Crippen LogP contribution in [-0.2, 0) is 0 Å². The van der Waals surface area contributed by atoms with Crippen molar-refractivity contribution >= 4 is 0 Å². The molecule has 0 fully saturated rings. The molecule has 0 saturated carbocycles. The molecule has 1 N–H and O–H groups in total. The van der Waals surface area contributed by atoms with Gasteiger partial charge in [0.05, 0.1) is 6.07 Å². The average Bonchev–Trinajstić information content (AvgIpc) is 1.99. The van der Waals surface area contributed by atoms with Crippen LogP contribution in [0.5, 0.6) is 0 Å². The molecule has 0 aromatic heterocycles. The molecule has 0 aromatic carbocycles. The van der Waals surface area contributed by atoms with Gasteiger partial charge in [-0.3, -0.25) is 0 Å². The van der Waals surface area contributed by atoms with Crippen molar-refractivity contribution in [3.8, 4) is 6.07 Å². The molecule has 11 heavy (non-hydrogen) atoms. The molecule has 0 aliphatic rings. The minimum absolute atomic E-state index is 0.513. The summed E-state index contributed by atoms with van der Waals surface area (Å²) in [5.41, 5.74) is 2.33. The SMILES string of the molecule is CC=C=CC(C)(C)C(O)C#N. The van der Waals surface area contributed by atoms with Gasteiger partial charge in [0.15, 0.2) is 0 Å². The fraction of sp³-hybridized carbons (Fsp3) is 0.556. The van der Waals surface area contributed by atoms with E-state index in [1.165, 1.54) is 0 Å². The lowest BCUT2D eigenvalue weighted by Gasteiger charge is -2.19. The van der Waals surface area contributed by atoms with E-state index in [1.807, 2.05) is 6.92 Å². The van der Waals surface area contributed by atoms with Gasteiger partial charge < -0.3 is 5.11 Å². The van der Waals surface area contributed by atoms with E-state index in [2.05, 4.69) is 5.73 Å². The Morgan fingerprint density at radius 3 is 2.45 bits per heavy atom. The van der Waals surface area contributed by atoms with Crippen molar-refractivity contribution in [2.24, 2.45) is 5.41 Å². The molecule has 0 heterocycles. The van der Waals surface area contributed by atoms with Gasteiger partial charge in [-0.05, 0) is 19.1 Å². The standard InChI is InChI=1S/C9H13NO/c1-4-5-6-9(2,3)8(11)7-10/h4,6,8,11H,1-3H3. The third kappa shape index (κ3) is 3.04. The number of nitrogens with zero attached hydrogens (tertiary/aromatic N) is 1. The molecule has 0 amide bonds. The summed E-state index contributed by atoms with van der Waals surface area (Å²) in [4.78, 5) is 0. The summed E-state index contributed by atoms with van der Waals surface area (Å²) in [5.74, 6) is 0. The number of nitriles is 1. The first kappa shape index (κ1) is 9.97. The van der Waals surface area contributed by atoms with Crippen LogP contribution in [0.15, 0.2) is 17.9 Å². The third-order valence-corrected chi connectivity index (χ3v) is 1.45. The maximum atomic E-state index is 9.17. The van der Waals surface area contributed by atoms with E-state index in [-0.39, 0.29) is 0 Å². The minimum atomic E-state index is -0.963. The van der Waals surface area contributed by atoms with Crippen molar-refractivity contribution in [1.82, 2.24) is 0 Å². The summed E-state index contributed by atoms with van der Waals surface area (Å²) in [6.07, 6.45) is 2.47. The minimum Gasteiger partial charge on any atom is -0.377 e. The molecule has 2 nitrogen and oxygen atoms in total. The highest BCUT2D eigenvalue weighted by Crippen LogP contribution is 2.21. The highest BCUT2D eigenvalue weighted by molar-refractivity contribution is 5.05. The van der Waals surface area contributed by atoms with Crippen molar-refractivity contribution in [2.45, 2.75) is 26.9 Å². The van der Waals surface area contributed by atoms with Crippen LogP contribution in [0, 0.1) is 16.7 Å². The predicted molar refractivity (Wildman–Crippen MR) is 43.7 cm³/mol. The van der Waals surface area contributed by atoms with Crippen molar-refractivity contribution in [3.05, 3.63) is 17.9 Å². The Bertz CT molecular complexity index is 216. The third-order valence-electron chi connectivity index (χ3n) is 1.45. The van der Waals surface area contributed by atoms with Gasteiger partial charge in [-0.15, -0.1) is 5.73 Å². The Labute approximate surface area is 67.5 Å². The normalized spacial score (nSPS) is 12.6. The number of aliphatic hydroxyl groups excluding tert-OH is 1. The monoisotopic (exact) mass is 151 g/mol. The fourth-order valence-electron chi connectivity index (χ4n) is 0.543. The molecule has 2 heteroatoms. The summed E-state index contributed by atoms with van der Waals surface area (Å²) < 4.78 is 0. The summed E-state index contributed by atoms with van der Waals surface area (Å²) in [6.45, 7) is 5.42. The molecule has 0 aliphatic carbocycles. The Balaban J connectivity index is 4.48. The van der Waals surface area contributed by atoms with Crippen LogP contribution in [0.4, 0.5) is 0 Å². The molecular weight excluding hydrogens is 138 g/mol. The van der Waals surface area contributed by atoms with Gasteiger partial charge in [-0.25, -0.2) is 0 Å².